The molecule has 0 unspecified atom stereocenters. The number of nitrogens with one attached hydrogen (secondary N) is 3. The standard InChI is InChI=1S/C10H18N4O2S/c1-11-6-9-7-12-14-10(9)17(15,16)13-5-8-3-2-4-8/h7-8,11,13H,2-6H2,1H3,(H,12,14). The Labute approximate surface area is 101 Å². The van der Waals surface area contributed by atoms with Crippen LogP contribution in [0, 0.1) is 5.92 Å². The van der Waals surface area contributed by atoms with Crippen LogP contribution >= 0.6 is 0 Å². The van der Waals surface area contributed by atoms with Crippen LogP contribution in [0.2, 0.25) is 0 Å². The molecule has 1 saturated carbocycles. The maximum atomic E-state index is 12.0. The summed E-state index contributed by atoms with van der Waals surface area (Å²) in [5.74, 6) is 0.500. The van der Waals surface area contributed by atoms with Crippen molar-refractivity contribution in [2.75, 3.05) is 13.6 Å². The van der Waals surface area contributed by atoms with E-state index in [1.165, 1.54) is 12.6 Å². The van der Waals surface area contributed by atoms with Crippen LogP contribution < -0.4 is 10.0 Å². The summed E-state index contributed by atoms with van der Waals surface area (Å²) in [5.41, 5.74) is 0.661. The Bertz CT molecular complexity index is 464. The van der Waals surface area contributed by atoms with Gasteiger partial charge in [-0.1, -0.05) is 6.42 Å². The molecule has 2 rings (SSSR count). The summed E-state index contributed by atoms with van der Waals surface area (Å²) in [7, 11) is -1.68. The highest BCUT2D eigenvalue weighted by Gasteiger charge is 2.24. The molecule has 1 aromatic rings. The van der Waals surface area contributed by atoms with Crippen LogP contribution in [0.5, 0.6) is 0 Å². The lowest BCUT2D eigenvalue weighted by molar-refractivity contribution is 0.316. The van der Waals surface area contributed by atoms with Gasteiger partial charge < -0.3 is 5.32 Å². The molecule has 1 aliphatic rings. The molecule has 0 aliphatic heterocycles. The van der Waals surface area contributed by atoms with E-state index in [0.717, 1.165) is 12.8 Å². The van der Waals surface area contributed by atoms with Gasteiger partial charge in [-0.25, -0.2) is 13.1 Å². The molecule has 6 nitrogen and oxygen atoms in total. The van der Waals surface area contributed by atoms with E-state index >= 15 is 0 Å². The van der Waals surface area contributed by atoms with Gasteiger partial charge in [0.25, 0.3) is 10.0 Å². The second-order valence-electron chi connectivity index (χ2n) is 4.40. The summed E-state index contributed by atoms with van der Waals surface area (Å²) >= 11 is 0. The highest BCUT2D eigenvalue weighted by molar-refractivity contribution is 7.89. The number of rotatable bonds is 6. The zero-order chi connectivity index (χ0) is 12.3. The smallest absolute Gasteiger partial charge is 0.257 e. The maximum absolute atomic E-state index is 12.0. The normalized spacial score (nSPS) is 17.0. The van der Waals surface area contributed by atoms with Gasteiger partial charge in [-0.05, 0) is 25.8 Å². The molecule has 0 bridgehead atoms. The SMILES string of the molecule is CNCc1cn[nH]c1S(=O)(=O)NCC1CCC1. The molecular formula is C10H18N4O2S. The van der Waals surface area contributed by atoms with Crippen molar-refractivity contribution in [2.24, 2.45) is 5.92 Å². The first-order chi connectivity index (χ1) is 8.13. The van der Waals surface area contributed by atoms with Crippen LogP contribution in [-0.2, 0) is 16.6 Å². The summed E-state index contributed by atoms with van der Waals surface area (Å²) in [4.78, 5) is 0. The van der Waals surface area contributed by atoms with Crippen LogP contribution in [0.1, 0.15) is 24.8 Å². The van der Waals surface area contributed by atoms with Crippen molar-refractivity contribution in [3.8, 4) is 0 Å². The largest absolute Gasteiger partial charge is 0.316 e. The lowest BCUT2D eigenvalue weighted by Crippen LogP contribution is -2.33. The van der Waals surface area contributed by atoms with Crippen LogP contribution in [0.25, 0.3) is 0 Å². The lowest BCUT2D eigenvalue weighted by atomic mass is 9.86. The van der Waals surface area contributed by atoms with Gasteiger partial charge in [-0.2, -0.15) is 5.10 Å². The number of aromatic amines is 1. The fraction of sp³-hybridized carbons (Fsp3) is 0.700. The van der Waals surface area contributed by atoms with E-state index in [0.29, 0.717) is 24.6 Å². The van der Waals surface area contributed by atoms with Gasteiger partial charge in [-0.15, -0.1) is 0 Å². The Morgan fingerprint density at radius 1 is 1.53 bits per heavy atom. The molecule has 0 saturated heterocycles. The third kappa shape index (κ3) is 2.85. The van der Waals surface area contributed by atoms with E-state index in [4.69, 9.17) is 0 Å². The Kier molecular flexibility index (Phi) is 3.80. The Hall–Kier alpha value is -0.920. The van der Waals surface area contributed by atoms with Crippen molar-refractivity contribution >= 4 is 10.0 Å². The highest BCUT2D eigenvalue weighted by atomic mass is 32.2. The van der Waals surface area contributed by atoms with Crippen LogP contribution in [0.15, 0.2) is 11.2 Å². The fourth-order valence-corrected chi connectivity index (χ4v) is 3.09. The van der Waals surface area contributed by atoms with Gasteiger partial charge in [0.2, 0.25) is 0 Å². The average molecular weight is 258 g/mol. The van der Waals surface area contributed by atoms with E-state index in [1.54, 1.807) is 7.05 Å². The van der Waals surface area contributed by atoms with E-state index < -0.39 is 10.0 Å². The molecule has 1 fully saturated rings. The van der Waals surface area contributed by atoms with Gasteiger partial charge in [0, 0.05) is 18.7 Å². The van der Waals surface area contributed by atoms with Crippen molar-refractivity contribution < 1.29 is 8.42 Å². The summed E-state index contributed by atoms with van der Waals surface area (Å²) in [6.07, 6.45) is 4.99. The zero-order valence-electron chi connectivity index (χ0n) is 9.86. The van der Waals surface area contributed by atoms with E-state index in [9.17, 15) is 8.42 Å². The predicted octanol–water partition coefficient (Wildman–Crippen LogP) is 0.208. The second kappa shape index (κ2) is 5.16. The number of hydrogen-bond acceptors (Lipinski definition) is 4. The average Bonchev–Trinajstić information content (AvgIpc) is 2.64. The minimum atomic E-state index is -3.45. The van der Waals surface area contributed by atoms with E-state index in [2.05, 4.69) is 20.2 Å². The summed E-state index contributed by atoms with van der Waals surface area (Å²) in [6, 6.07) is 0. The lowest BCUT2D eigenvalue weighted by Gasteiger charge is -2.25. The Morgan fingerprint density at radius 2 is 2.29 bits per heavy atom. The van der Waals surface area contributed by atoms with Gasteiger partial charge in [0.15, 0.2) is 5.03 Å². The van der Waals surface area contributed by atoms with Gasteiger partial charge >= 0.3 is 0 Å². The first kappa shape index (κ1) is 12.5. The fourth-order valence-electron chi connectivity index (χ4n) is 1.84. The second-order valence-corrected chi connectivity index (χ2v) is 6.11. The molecule has 0 spiro atoms. The molecule has 3 N–H and O–H groups in total. The molecule has 1 aliphatic carbocycles. The molecule has 0 atom stereocenters. The number of hydrogen-bond donors (Lipinski definition) is 3. The van der Waals surface area contributed by atoms with Crippen molar-refractivity contribution in [1.29, 1.82) is 0 Å². The van der Waals surface area contributed by atoms with Gasteiger partial charge in [0.1, 0.15) is 0 Å². The topological polar surface area (TPSA) is 86.9 Å². The molecule has 96 valence electrons. The molecule has 17 heavy (non-hydrogen) atoms. The number of sulfonamides is 1. The van der Waals surface area contributed by atoms with Crippen molar-refractivity contribution in [1.82, 2.24) is 20.2 Å². The Morgan fingerprint density at radius 3 is 2.88 bits per heavy atom. The van der Waals surface area contributed by atoms with Crippen LogP contribution in [0.4, 0.5) is 0 Å². The van der Waals surface area contributed by atoms with Crippen molar-refractivity contribution in [2.45, 2.75) is 30.8 Å². The monoisotopic (exact) mass is 258 g/mol. The van der Waals surface area contributed by atoms with E-state index in [1.807, 2.05) is 0 Å². The predicted molar refractivity (Wildman–Crippen MR) is 63.9 cm³/mol. The number of H-pyrrole nitrogens is 1. The molecule has 7 heteroatoms. The quantitative estimate of drug-likeness (QED) is 0.680. The van der Waals surface area contributed by atoms with Crippen LogP contribution in [0.3, 0.4) is 0 Å². The first-order valence-electron chi connectivity index (χ1n) is 5.80. The van der Waals surface area contributed by atoms with Gasteiger partial charge in [-0.3, -0.25) is 5.10 Å². The summed E-state index contributed by atoms with van der Waals surface area (Å²) in [5, 5.41) is 9.42. The van der Waals surface area contributed by atoms with Crippen LogP contribution in [-0.4, -0.2) is 32.2 Å². The highest BCUT2D eigenvalue weighted by Crippen LogP contribution is 2.25. The minimum Gasteiger partial charge on any atom is -0.316 e. The summed E-state index contributed by atoms with van der Waals surface area (Å²) in [6.45, 7) is 1.01. The molecule has 1 aromatic heterocycles. The molecule has 0 amide bonds. The third-order valence-corrected chi connectivity index (χ3v) is 4.54. The zero-order valence-corrected chi connectivity index (χ0v) is 10.7. The molecule has 0 aromatic carbocycles. The number of aromatic nitrogens is 2. The van der Waals surface area contributed by atoms with E-state index in [-0.39, 0.29) is 5.03 Å². The number of nitrogens with zero attached hydrogens (tertiary/aromatic N) is 1. The first-order valence-corrected chi connectivity index (χ1v) is 7.28. The molecule has 1 heterocycles. The summed E-state index contributed by atoms with van der Waals surface area (Å²) < 4.78 is 26.7. The third-order valence-electron chi connectivity index (χ3n) is 3.10. The van der Waals surface area contributed by atoms with Crippen molar-refractivity contribution in [3.05, 3.63) is 11.8 Å². The minimum absolute atomic E-state index is 0.172. The Balaban J connectivity index is 2.04. The van der Waals surface area contributed by atoms with Crippen molar-refractivity contribution in [3.63, 3.8) is 0 Å². The maximum Gasteiger partial charge on any atom is 0.257 e. The molecular weight excluding hydrogens is 240 g/mol. The molecule has 0 radical (unpaired) electrons. The van der Waals surface area contributed by atoms with Gasteiger partial charge in [0.05, 0.1) is 6.20 Å².